The minimum absolute atomic E-state index is 0.175. The molecular weight excluding hydrogens is 428 g/mol. The van der Waals surface area contributed by atoms with E-state index >= 15 is 0 Å². The van der Waals surface area contributed by atoms with Crippen molar-refractivity contribution < 1.29 is 4.79 Å². The van der Waals surface area contributed by atoms with Crippen molar-refractivity contribution in [3.8, 4) is 5.69 Å². The number of aromatic nitrogens is 3. The summed E-state index contributed by atoms with van der Waals surface area (Å²) in [5, 5.41) is 12.5. The quantitative estimate of drug-likeness (QED) is 0.282. The van der Waals surface area contributed by atoms with E-state index in [-0.39, 0.29) is 12.5 Å². The molecule has 0 aliphatic carbocycles. The number of aryl methyl sites for hydroxylation is 2. The van der Waals surface area contributed by atoms with Crippen molar-refractivity contribution in [2.45, 2.75) is 31.3 Å². The van der Waals surface area contributed by atoms with Gasteiger partial charge in [-0.2, -0.15) is 0 Å². The van der Waals surface area contributed by atoms with E-state index in [0.29, 0.717) is 5.82 Å². The molecular formula is C27H26N4OS. The monoisotopic (exact) mass is 454 g/mol. The summed E-state index contributed by atoms with van der Waals surface area (Å²) >= 11 is 1.63. The molecule has 0 radical (unpaired) electrons. The third-order valence-corrected chi connectivity index (χ3v) is 6.09. The predicted octanol–water partition coefficient (Wildman–Crippen LogP) is 5.51. The summed E-state index contributed by atoms with van der Waals surface area (Å²) in [6.45, 7) is 4.43. The van der Waals surface area contributed by atoms with Crippen molar-refractivity contribution in [3.63, 3.8) is 0 Å². The molecule has 0 aliphatic heterocycles. The van der Waals surface area contributed by atoms with Gasteiger partial charge in [0.2, 0.25) is 5.91 Å². The van der Waals surface area contributed by atoms with Crippen LogP contribution in [0.25, 0.3) is 11.8 Å². The lowest BCUT2D eigenvalue weighted by atomic mass is 10.2. The van der Waals surface area contributed by atoms with Gasteiger partial charge in [-0.15, -0.1) is 10.2 Å². The van der Waals surface area contributed by atoms with Crippen LogP contribution in [0.2, 0.25) is 0 Å². The highest BCUT2D eigenvalue weighted by Gasteiger charge is 2.15. The first kappa shape index (κ1) is 22.6. The van der Waals surface area contributed by atoms with Crippen LogP contribution in [-0.2, 0) is 17.1 Å². The fraction of sp³-hybridized carbons (Fsp3) is 0.148. The van der Waals surface area contributed by atoms with E-state index in [1.54, 1.807) is 17.8 Å². The Morgan fingerprint density at radius 1 is 0.939 bits per heavy atom. The first-order valence-electron chi connectivity index (χ1n) is 10.8. The van der Waals surface area contributed by atoms with Gasteiger partial charge in [0.25, 0.3) is 0 Å². The van der Waals surface area contributed by atoms with Gasteiger partial charge in [0.15, 0.2) is 11.0 Å². The number of benzene rings is 3. The second kappa shape index (κ2) is 10.8. The smallest absolute Gasteiger partial charge is 0.244 e. The van der Waals surface area contributed by atoms with E-state index < -0.39 is 0 Å². The number of hydrogen-bond donors (Lipinski definition) is 1. The van der Waals surface area contributed by atoms with Gasteiger partial charge >= 0.3 is 0 Å². The fourth-order valence-electron chi connectivity index (χ4n) is 3.37. The number of thioether (sulfide) groups is 1. The molecule has 4 aromatic rings. The maximum atomic E-state index is 12.4. The maximum absolute atomic E-state index is 12.4. The summed E-state index contributed by atoms with van der Waals surface area (Å²) in [6.07, 6.45) is 3.33. The van der Waals surface area contributed by atoms with Crippen LogP contribution in [0.4, 0.5) is 0 Å². The van der Waals surface area contributed by atoms with Crippen LogP contribution in [0, 0.1) is 13.8 Å². The minimum atomic E-state index is -0.175. The Morgan fingerprint density at radius 2 is 1.73 bits per heavy atom. The Labute approximate surface area is 198 Å². The Morgan fingerprint density at radius 3 is 2.48 bits per heavy atom. The first-order valence-corrected chi connectivity index (χ1v) is 11.8. The Bertz CT molecular complexity index is 1250. The lowest BCUT2D eigenvalue weighted by Gasteiger charge is -2.11. The van der Waals surface area contributed by atoms with Crippen LogP contribution in [0.1, 0.15) is 28.1 Å². The van der Waals surface area contributed by atoms with E-state index in [9.17, 15) is 4.79 Å². The average Bonchev–Trinajstić information content (AvgIpc) is 3.24. The van der Waals surface area contributed by atoms with Gasteiger partial charge < -0.3 is 5.32 Å². The molecule has 6 heteroatoms. The van der Waals surface area contributed by atoms with Crippen molar-refractivity contribution in [1.82, 2.24) is 20.1 Å². The number of carbonyl (C=O) groups is 1. The third kappa shape index (κ3) is 6.20. The predicted molar refractivity (Wildman–Crippen MR) is 134 cm³/mol. The molecule has 3 aromatic carbocycles. The summed E-state index contributed by atoms with van der Waals surface area (Å²) in [6, 6.07) is 26.4. The lowest BCUT2D eigenvalue weighted by Crippen LogP contribution is -2.22. The summed E-state index contributed by atoms with van der Waals surface area (Å²) in [7, 11) is 0. The second-order valence-electron chi connectivity index (χ2n) is 7.81. The Hall–Kier alpha value is -3.64. The van der Waals surface area contributed by atoms with Crippen molar-refractivity contribution in [2.75, 3.05) is 0 Å². The van der Waals surface area contributed by atoms with Crippen LogP contribution in [0.15, 0.2) is 90.1 Å². The average molecular weight is 455 g/mol. The van der Waals surface area contributed by atoms with Gasteiger partial charge in [-0.05, 0) is 43.2 Å². The number of carbonyl (C=O) groups excluding carboxylic acids is 1. The van der Waals surface area contributed by atoms with Gasteiger partial charge in [0.1, 0.15) is 0 Å². The fourth-order valence-corrected chi connectivity index (χ4v) is 4.29. The highest BCUT2D eigenvalue weighted by Crippen LogP contribution is 2.26. The molecule has 4 rings (SSSR count). The number of nitrogens with zero attached hydrogens (tertiary/aromatic N) is 3. The van der Waals surface area contributed by atoms with Crippen LogP contribution in [-0.4, -0.2) is 20.7 Å². The second-order valence-corrected chi connectivity index (χ2v) is 8.75. The molecule has 0 bridgehead atoms. The van der Waals surface area contributed by atoms with Gasteiger partial charge in [0.05, 0.1) is 6.54 Å². The van der Waals surface area contributed by atoms with E-state index in [0.717, 1.165) is 22.2 Å². The molecule has 0 fully saturated rings. The van der Waals surface area contributed by atoms with Crippen LogP contribution < -0.4 is 5.32 Å². The maximum Gasteiger partial charge on any atom is 0.244 e. The molecule has 0 unspecified atom stereocenters. The summed E-state index contributed by atoms with van der Waals surface area (Å²) in [5.74, 6) is 1.30. The molecule has 1 aromatic heterocycles. The molecule has 1 amide bonds. The zero-order valence-corrected chi connectivity index (χ0v) is 19.5. The zero-order chi connectivity index (χ0) is 23.0. The molecule has 1 heterocycles. The number of hydrogen-bond acceptors (Lipinski definition) is 4. The number of rotatable bonds is 8. The van der Waals surface area contributed by atoms with E-state index in [1.807, 2.05) is 34.9 Å². The zero-order valence-electron chi connectivity index (χ0n) is 18.7. The molecule has 0 atom stereocenters. The number of nitrogens with one attached hydrogen (secondary N) is 1. The minimum Gasteiger partial charge on any atom is -0.345 e. The van der Waals surface area contributed by atoms with Gasteiger partial charge in [0, 0.05) is 17.5 Å². The van der Waals surface area contributed by atoms with E-state index in [1.165, 1.54) is 22.8 Å². The van der Waals surface area contributed by atoms with Gasteiger partial charge in [-0.1, -0.05) is 89.6 Å². The molecule has 0 aliphatic rings. The van der Waals surface area contributed by atoms with Crippen LogP contribution in [0.5, 0.6) is 0 Å². The molecule has 0 spiro atoms. The number of amides is 1. The Balaban J connectivity index is 1.51. The molecule has 0 saturated heterocycles. The molecule has 33 heavy (non-hydrogen) atoms. The Kier molecular flexibility index (Phi) is 7.37. The molecule has 1 N–H and O–H groups in total. The van der Waals surface area contributed by atoms with Crippen LogP contribution >= 0.6 is 11.8 Å². The summed E-state index contributed by atoms with van der Waals surface area (Å²) < 4.78 is 2.01. The van der Waals surface area contributed by atoms with Crippen molar-refractivity contribution >= 4 is 23.7 Å². The van der Waals surface area contributed by atoms with E-state index in [2.05, 4.69) is 77.9 Å². The van der Waals surface area contributed by atoms with Crippen molar-refractivity contribution in [3.05, 3.63) is 113 Å². The first-order chi connectivity index (χ1) is 16.1. The van der Waals surface area contributed by atoms with Crippen LogP contribution in [0.3, 0.4) is 0 Å². The van der Waals surface area contributed by atoms with Gasteiger partial charge in [-0.3, -0.25) is 9.36 Å². The summed E-state index contributed by atoms with van der Waals surface area (Å²) in [4.78, 5) is 12.4. The van der Waals surface area contributed by atoms with E-state index in [4.69, 9.17) is 0 Å². The highest BCUT2D eigenvalue weighted by atomic mass is 32.2. The van der Waals surface area contributed by atoms with Crippen molar-refractivity contribution in [1.29, 1.82) is 0 Å². The standard InChI is InChI=1S/C27H26N4OS/c1-20-11-14-24(15-12-20)31-25(18-28-26(32)16-13-22-8-4-3-5-9-22)29-30-27(31)33-19-23-10-6-7-21(2)17-23/h3-17H,18-19H2,1-2H3,(H,28,32)/b16-13+. The molecule has 166 valence electrons. The summed E-state index contributed by atoms with van der Waals surface area (Å²) in [5.41, 5.74) is 5.60. The largest absolute Gasteiger partial charge is 0.345 e. The normalized spacial score (nSPS) is 11.1. The third-order valence-electron chi connectivity index (χ3n) is 5.09. The highest BCUT2D eigenvalue weighted by molar-refractivity contribution is 7.98. The van der Waals surface area contributed by atoms with Gasteiger partial charge in [-0.25, -0.2) is 0 Å². The molecule has 5 nitrogen and oxygen atoms in total. The van der Waals surface area contributed by atoms with Crippen molar-refractivity contribution in [2.24, 2.45) is 0 Å². The topological polar surface area (TPSA) is 59.8 Å². The SMILES string of the molecule is Cc1ccc(-n2c(CNC(=O)/C=C/c3ccccc3)nnc2SCc2cccc(C)c2)cc1. The molecule has 0 saturated carbocycles. The lowest BCUT2D eigenvalue weighted by molar-refractivity contribution is -0.116.